The van der Waals surface area contributed by atoms with Crippen molar-refractivity contribution < 1.29 is 9.53 Å². The minimum atomic E-state index is -0.739. The van der Waals surface area contributed by atoms with Crippen molar-refractivity contribution in [2.75, 3.05) is 6.61 Å². The first-order chi connectivity index (χ1) is 7.18. The third-order valence-electron chi connectivity index (χ3n) is 2.47. The molecule has 0 saturated carbocycles. The molecule has 0 amide bonds. The Hall–Kier alpha value is -1.64. The van der Waals surface area contributed by atoms with E-state index < -0.39 is 5.54 Å². The van der Waals surface area contributed by atoms with Crippen molar-refractivity contribution in [3.63, 3.8) is 0 Å². The van der Waals surface area contributed by atoms with E-state index in [-0.39, 0.29) is 5.97 Å². The van der Waals surface area contributed by atoms with Crippen LogP contribution >= 0.6 is 0 Å². The zero-order valence-electron chi connectivity index (χ0n) is 8.86. The molecule has 1 atom stereocenters. The van der Waals surface area contributed by atoms with Crippen LogP contribution in [0.1, 0.15) is 19.4 Å². The maximum Gasteiger partial charge on any atom is 0.340 e. The molecule has 1 aromatic rings. The fraction of sp³-hybridized carbons (Fsp3) is 0.333. The van der Waals surface area contributed by atoms with Crippen LogP contribution in [0.2, 0.25) is 0 Å². The number of esters is 1. The van der Waals surface area contributed by atoms with Gasteiger partial charge in [-0.1, -0.05) is 30.3 Å². The highest BCUT2D eigenvalue weighted by molar-refractivity contribution is 6.28. The molecule has 15 heavy (non-hydrogen) atoms. The number of benzene rings is 1. The van der Waals surface area contributed by atoms with Crippen molar-refractivity contribution >= 4 is 11.7 Å². The molecule has 0 saturated heterocycles. The molecule has 0 spiro atoms. The molecule has 0 N–H and O–H groups in total. The third-order valence-corrected chi connectivity index (χ3v) is 2.47. The van der Waals surface area contributed by atoms with E-state index in [1.165, 1.54) is 0 Å². The first-order valence-corrected chi connectivity index (χ1v) is 5.01. The van der Waals surface area contributed by atoms with E-state index in [1.807, 2.05) is 30.3 Å². The van der Waals surface area contributed by atoms with Gasteiger partial charge in [0.2, 0.25) is 0 Å². The van der Waals surface area contributed by atoms with E-state index in [0.717, 1.165) is 11.3 Å². The van der Waals surface area contributed by atoms with Crippen LogP contribution in [0.3, 0.4) is 0 Å². The van der Waals surface area contributed by atoms with E-state index in [1.54, 1.807) is 13.8 Å². The zero-order valence-corrected chi connectivity index (χ0v) is 8.86. The van der Waals surface area contributed by atoms with Crippen LogP contribution in [-0.2, 0) is 9.53 Å². The summed E-state index contributed by atoms with van der Waals surface area (Å²) in [6.07, 6.45) is 0. The number of aliphatic imine (C=N–C) groups is 1. The monoisotopic (exact) mass is 203 g/mol. The van der Waals surface area contributed by atoms with Crippen molar-refractivity contribution in [3.05, 3.63) is 35.9 Å². The molecule has 1 aromatic carbocycles. The Kier molecular flexibility index (Phi) is 2.31. The van der Waals surface area contributed by atoms with Crippen molar-refractivity contribution in [2.24, 2.45) is 4.99 Å². The van der Waals surface area contributed by atoms with Gasteiger partial charge in [0.1, 0.15) is 0 Å². The minimum absolute atomic E-state index is 0.260. The number of hydrogen-bond donors (Lipinski definition) is 0. The Morgan fingerprint density at radius 3 is 2.67 bits per heavy atom. The normalized spacial score (nSPS) is 23.2. The molecule has 0 aromatic heterocycles. The third kappa shape index (κ3) is 1.65. The molecule has 78 valence electrons. The van der Waals surface area contributed by atoms with Gasteiger partial charge >= 0.3 is 5.97 Å². The number of nitrogens with zero attached hydrogens (tertiary/aromatic N) is 1. The van der Waals surface area contributed by atoms with Gasteiger partial charge in [0.15, 0.2) is 5.54 Å². The topological polar surface area (TPSA) is 38.7 Å². The lowest BCUT2D eigenvalue weighted by Gasteiger charge is -2.07. The van der Waals surface area contributed by atoms with Crippen molar-refractivity contribution in [2.45, 2.75) is 19.4 Å². The van der Waals surface area contributed by atoms with E-state index in [9.17, 15) is 4.79 Å². The van der Waals surface area contributed by atoms with Gasteiger partial charge in [-0.3, -0.25) is 4.99 Å². The fourth-order valence-corrected chi connectivity index (χ4v) is 1.55. The van der Waals surface area contributed by atoms with Crippen molar-refractivity contribution in [3.8, 4) is 0 Å². The quantitative estimate of drug-likeness (QED) is 0.703. The predicted molar refractivity (Wildman–Crippen MR) is 58.0 cm³/mol. The first kappa shape index (κ1) is 9.90. The Balaban J connectivity index is 2.12. The summed E-state index contributed by atoms with van der Waals surface area (Å²) in [5, 5.41) is 0. The van der Waals surface area contributed by atoms with Gasteiger partial charge in [-0.2, -0.15) is 0 Å². The summed E-state index contributed by atoms with van der Waals surface area (Å²) >= 11 is 0. The summed E-state index contributed by atoms with van der Waals surface area (Å²) in [4.78, 5) is 15.8. The second-order valence-corrected chi connectivity index (χ2v) is 3.62. The maximum atomic E-state index is 11.6. The van der Waals surface area contributed by atoms with Crippen LogP contribution in [0.25, 0.3) is 0 Å². The Morgan fingerprint density at radius 2 is 2.07 bits per heavy atom. The number of rotatable bonds is 3. The number of hydrogen-bond acceptors (Lipinski definition) is 3. The Labute approximate surface area is 88.8 Å². The molecule has 1 aliphatic rings. The zero-order chi connectivity index (χ0) is 10.9. The molecule has 2 rings (SSSR count). The molecule has 0 aliphatic carbocycles. The molecule has 0 unspecified atom stereocenters. The van der Waals surface area contributed by atoms with Gasteiger partial charge in [-0.15, -0.1) is 0 Å². The number of ether oxygens (including phenoxy) is 1. The number of carbonyl (C=O) groups excluding carboxylic acids is 1. The highest BCUT2D eigenvalue weighted by Gasteiger charge is 2.51. The molecule has 3 nitrogen and oxygen atoms in total. The van der Waals surface area contributed by atoms with E-state index in [4.69, 9.17) is 4.74 Å². The Morgan fingerprint density at radius 1 is 1.40 bits per heavy atom. The molecular weight excluding hydrogens is 190 g/mol. The summed E-state index contributed by atoms with van der Waals surface area (Å²) in [5.41, 5.74) is 1.08. The van der Waals surface area contributed by atoms with Gasteiger partial charge in [-0.05, 0) is 19.4 Å². The summed E-state index contributed by atoms with van der Waals surface area (Å²) in [6.45, 7) is 3.98. The lowest BCUT2D eigenvalue weighted by atomic mass is 10.0. The molecule has 3 heteroatoms. The van der Waals surface area contributed by atoms with Gasteiger partial charge in [0.25, 0.3) is 0 Å². The van der Waals surface area contributed by atoms with Crippen LogP contribution in [-0.4, -0.2) is 23.8 Å². The van der Waals surface area contributed by atoms with E-state index >= 15 is 0 Å². The lowest BCUT2D eigenvalue weighted by Crippen LogP contribution is -2.29. The summed E-state index contributed by atoms with van der Waals surface area (Å²) in [5.74, 6) is -0.260. The van der Waals surface area contributed by atoms with Crippen LogP contribution in [0.4, 0.5) is 0 Å². The average Bonchev–Trinajstić information content (AvgIpc) is 2.94. The van der Waals surface area contributed by atoms with E-state index in [0.29, 0.717) is 6.61 Å². The summed E-state index contributed by atoms with van der Waals surface area (Å²) < 4.78 is 4.97. The Bertz CT molecular complexity index is 411. The second-order valence-electron chi connectivity index (χ2n) is 3.62. The smallest absolute Gasteiger partial charge is 0.340 e. The molecule has 1 aliphatic heterocycles. The van der Waals surface area contributed by atoms with Crippen molar-refractivity contribution in [1.82, 2.24) is 0 Å². The highest BCUT2D eigenvalue weighted by atomic mass is 16.5. The van der Waals surface area contributed by atoms with Gasteiger partial charge in [0, 0.05) is 0 Å². The summed E-state index contributed by atoms with van der Waals surface area (Å²) in [6, 6.07) is 9.70. The molecular formula is C12H13NO2. The van der Waals surface area contributed by atoms with Crippen molar-refractivity contribution in [1.29, 1.82) is 0 Å². The first-order valence-electron chi connectivity index (χ1n) is 5.01. The average molecular weight is 203 g/mol. The van der Waals surface area contributed by atoms with Crippen LogP contribution in [0, 0.1) is 0 Å². The van der Waals surface area contributed by atoms with Crippen LogP contribution in [0.15, 0.2) is 35.3 Å². The fourth-order valence-electron chi connectivity index (χ4n) is 1.55. The van der Waals surface area contributed by atoms with E-state index in [2.05, 4.69) is 4.99 Å². The SMILES string of the molecule is CCOC(=O)[C@]1(C)N=C1c1ccccc1. The maximum absolute atomic E-state index is 11.6. The predicted octanol–water partition coefficient (Wildman–Crippen LogP) is 1.81. The molecule has 1 heterocycles. The standard InChI is InChI=1S/C12H13NO2/c1-3-15-11(14)12(2)10(13-12)9-7-5-4-6-8-9/h4-8H,3H2,1-2H3/t12-/m1/s1. The second kappa shape index (κ2) is 3.50. The molecule has 0 radical (unpaired) electrons. The number of carbonyl (C=O) groups is 1. The van der Waals surface area contributed by atoms with Gasteiger partial charge < -0.3 is 4.74 Å². The minimum Gasteiger partial charge on any atom is -0.464 e. The largest absolute Gasteiger partial charge is 0.464 e. The van der Waals surface area contributed by atoms with Crippen LogP contribution < -0.4 is 0 Å². The van der Waals surface area contributed by atoms with Gasteiger partial charge in [0.05, 0.1) is 12.3 Å². The van der Waals surface area contributed by atoms with Crippen LogP contribution in [0.5, 0.6) is 0 Å². The molecule has 0 bridgehead atoms. The highest BCUT2D eigenvalue weighted by Crippen LogP contribution is 2.33. The van der Waals surface area contributed by atoms with Gasteiger partial charge in [-0.25, -0.2) is 4.79 Å². The summed E-state index contributed by atoms with van der Waals surface area (Å²) in [7, 11) is 0. The lowest BCUT2D eigenvalue weighted by molar-refractivity contribution is -0.144. The molecule has 0 fully saturated rings.